The number of carbonyl (C=O) groups is 1. The Morgan fingerprint density at radius 3 is 3.07 bits per heavy atom. The fourth-order valence-corrected chi connectivity index (χ4v) is 1.15. The average molecular weight is 257 g/mol. The van der Waals surface area contributed by atoms with Crippen LogP contribution < -0.4 is 5.48 Å². The first kappa shape index (κ1) is 10.7. The molecule has 0 atom stereocenters. The molecule has 0 aliphatic rings. The molecule has 0 aromatic heterocycles. The molecule has 0 bridgehead atoms. The standard InChI is InChI=1S/C9H9BrN2O2/c1-7(13)14-12-6-11-9-4-2-3-8(10)5-9/h2-6H,1H3,(H,11,12). The third kappa shape index (κ3) is 4.04. The smallest absolute Gasteiger partial charge is 0.329 e. The highest BCUT2D eigenvalue weighted by Gasteiger charge is 1.89. The molecule has 5 heteroatoms. The summed E-state index contributed by atoms with van der Waals surface area (Å²) in [6, 6.07) is 7.43. The lowest BCUT2D eigenvalue weighted by molar-refractivity contribution is -0.144. The topological polar surface area (TPSA) is 50.7 Å². The molecule has 4 nitrogen and oxygen atoms in total. The van der Waals surface area contributed by atoms with E-state index in [0.717, 1.165) is 10.2 Å². The van der Waals surface area contributed by atoms with Crippen molar-refractivity contribution < 1.29 is 9.63 Å². The SMILES string of the molecule is CC(=O)ONC=Nc1cccc(Br)c1. The summed E-state index contributed by atoms with van der Waals surface area (Å²) in [5.74, 6) is -0.411. The van der Waals surface area contributed by atoms with Gasteiger partial charge in [-0.3, -0.25) is 4.79 Å². The van der Waals surface area contributed by atoms with Gasteiger partial charge in [-0.2, -0.15) is 0 Å². The van der Waals surface area contributed by atoms with Gasteiger partial charge in [-0.1, -0.05) is 22.0 Å². The van der Waals surface area contributed by atoms with E-state index in [2.05, 4.69) is 31.2 Å². The van der Waals surface area contributed by atoms with Crippen molar-refractivity contribution in [2.45, 2.75) is 6.92 Å². The maximum Gasteiger partial charge on any atom is 0.329 e. The van der Waals surface area contributed by atoms with E-state index in [4.69, 9.17) is 0 Å². The Morgan fingerprint density at radius 2 is 2.43 bits per heavy atom. The Balaban J connectivity index is 2.47. The highest BCUT2D eigenvalue weighted by Crippen LogP contribution is 2.17. The molecule has 14 heavy (non-hydrogen) atoms. The first-order chi connectivity index (χ1) is 6.68. The molecule has 0 amide bonds. The third-order valence-electron chi connectivity index (χ3n) is 1.28. The molecule has 1 rings (SSSR count). The number of benzene rings is 1. The first-order valence-electron chi connectivity index (χ1n) is 3.89. The van der Waals surface area contributed by atoms with E-state index in [1.807, 2.05) is 24.3 Å². The summed E-state index contributed by atoms with van der Waals surface area (Å²) in [7, 11) is 0. The molecular weight excluding hydrogens is 248 g/mol. The van der Waals surface area contributed by atoms with Crippen LogP contribution in [0.5, 0.6) is 0 Å². The maximum absolute atomic E-state index is 10.4. The molecule has 1 aromatic rings. The van der Waals surface area contributed by atoms with Crippen molar-refractivity contribution in [1.29, 1.82) is 0 Å². The van der Waals surface area contributed by atoms with E-state index < -0.39 is 5.97 Å². The Bertz CT molecular complexity index is 352. The lowest BCUT2D eigenvalue weighted by Gasteiger charge is -1.97. The van der Waals surface area contributed by atoms with Gasteiger partial charge in [0, 0.05) is 11.4 Å². The summed E-state index contributed by atoms with van der Waals surface area (Å²) in [6.07, 6.45) is 1.31. The average Bonchev–Trinajstić information content (AvgIpc) is 2.12. The van der Waals surface area contributed by atoms with Crippen LogP contribution in [0, 0.1) is 0 Å². The maximum atomic E-state index is 10.4. The number of hydroxylamine groups is 1. The van der Waals surface area contributed by atoms with Crippen molar-refractivity contribution in [2.24, 2.45) is 4.99 Å². The zero-order valence-corrected chi connectivity index (χ0v) is 9.11. The predicted octanol–water partition coefficient (Wildman–Crippen LogP) is 2.18. The Morgan fingerprint density at radius 1 is 1.64 bits per heavy atom. The van der Waals surface area contributed by atoms with Crippen molar-refractivity contribution in [3.8, 4) is 0 Å². The minimum absolute atomic E-state index is 0.411. The van der Waals surface area contributed by atoms with Gasteiger partial charge in [0.15, 0.2) is 0 Å². The number of hydrogen-bond acceptors (Lipinski definition) is 3. The number of hydrogen-bond donors (Lipinski definition) is 1. The third-order valence-corrected chi connectivity index (χ3v) is 1.77. The summed E-state index contributed by atoms with van der Waals surface area (Å²) in [5.41, 5.74) is 3.06. The normalized spacial score (nSPS) is 10.1. The fourth-order valence-electron chi connectivity index (χ4n) is 0.767. The highest BCUT2D eigenvalue weighted by atomic mass is 79.9. The second kappa shape index (κ2) is 5.39. The highest BCUT2D eigenvalue weighted by molar-refractivity contribution is 9.10. The zero-order chi connectivity index (χ0) is 10.4. The molecular formula is C9H9BrN2O2. The second-order valence-corrected chi connectivity index (χ2v) is 3.37. The number of carbonyl (C=O) groups excluding carboxylic acids is 1. The van der Waals surface area contributed by atoms with Gasteiger partial charge < -0.3 is 4.84 Å². The van der Waals surface area contributed by atoms with E-state index in [9.17, 15) is 4.79 Å². The van der Waals surface area contributed by atoms with Gasteiger partial charge in [-0.05, 0) is 18.2 Å². The molecule has 0 aliphatic carbocycles. The molecule has 74 valence electrons. The van der Waals surface area contributed by atoms with Crippen LogP contribution in [-0.2, 0) is 9.63 Å². The quantitative estimate of drug-likeness (QED) is 0.513. The first-order valence-corrected chi connectivity index (χ1v) is 4.69. The second-order valence-electron chi connectivity index (χ2n) is 2.45. The number of nitrogens with zero attached hydrogens (tertiary/aromatic N) is 1. The number of halogens is 1. The predicted molar refractivity (Wildman–Crippen MR) is 57.2 cm³/mol. The van der Waals surface area contributed by atoms with E-state index in [0.29, 0.717) is 0 Å². The lowest BCUT2D eigenvalue weighted by Crippen LogP contribution is -2.15. The van der Waals surface area contributed by atoms with Gasteiger partial charge >= 0.3 is 5.97 Å². The molecule has 0 saturated carbocycles. The van der Waals surface area contributed by atoms with Crippen LogP contribution in [-0.4, -0.2) is 12.3 Å². The summed E-state index contributed by atoms with van der Waals surface area (Å²) in [5, 5.41) is 0. The van der Waals surface area contributed by atoms with Gasteiger partial charge in [-0.15, -0.1) is 0 Å². The van der Waals surface area contributed by atoms with Crippen LogP contribution in [0.1, 0.15) is 6.92 Å². The Labute approximate surface area is 90.1 Å². The minimum atomic E-state index is -0.411. The zero-order valence-electron chi connectivity index (χ0n) is 7.53. The van der Waals surface area contributed by atoms with Crippen LogP contribution in [0.3, 0.4) is 0 Å². The summed E-state index contributed by atoms with van der Waals surface area (Å²) >= 11 is 3.31. The Hall–Kier alpha value is -1.36. The van der Waals surface area contributed by atoms with Crippen LogP contribution in [0.2, 0.25) is 0 Å². The van der Waals surface area contributed by atoms with Crippen LogP contribution in [0.25, 0.3) is 0 Å². The van der Waals surface area contributed by atoms with Crippen molar-refractivity contribution in [1.82, 2.24) is 5.48 Å². The molecule has 1 aromatic carbocycles. The van der Waals surface area contributed by atoms with Gasteiger partial charge in [-0.25, -0.2) is 10.5 Å². The largest absolute Gasteiger partial charge is 0.343 e. The van der Waals surface area contributed by atoms with Crippen molar-refractivity contribution >= 4 is 33.9 Å². The molecule has 0 unspecified atom stereocenters. The number of nitrogens with one attached hydrogen (secondary N) is 1. The molecule has 0 fully saturated rings. The van der Waals surface area contributed by atoms with E-state index in [1.54, 1.807) is 0 Å². The monoisotopic (exact) mass is 256 g/mol. The number of aliphatic imine (C=N–C) groups is 1. The lowest BCUT2D eigenvalue weighted by atomic mass is 10.3. The summed E-state index contributed by atoms with van der Waals surface area (Å²) in [6.45, 7) is 1.31. The molecule has 1 N–H and O–H groups in total. The van der Waals surface area contributed by atoms with E-state index in [-0.39, 0.29) is 0 Å². The van der Waals surface area contributed by atoms with Crippen LogP contribution in [0.15, 0.2) is 33.7 Å². The fraction of sp³-hybridized carbons (Fsp3) is 0.111. The van der Waals surface area contributed by atoms with Crippen molar-refractivity contribution in [3.63, 3.8) is 0 Å². The molecule has 0 spiro atoms. The number of rotatable bonds is 3. The van der Waals surface area contributed by atoms with Crippen molar-refractivity contribution in [2.75, 3.05) is 0 Å². The van der Waals surface area contributed by atoms with Gasteiger partial charge in [0.1, 0.15) is 6.34 Å². The van der Waals surface area contributed by atoms with Crippen molar-refractivity contribution in [3.05, 3.63) is 28.7 Å². The molecule has 0 heterocycles. The minimum Gasteiger partial charge on any atom is -0.343 e. The molecule has 0 saturated heterocycles. The molecule has 0 radical (unpaired) electrons. The summed E-state index contributed by atoms with van der Waals surface area (Å²) in [4.78, 5) is 18.8. The van der Waals surface area contributed by atoms with Gasteiger partial charge in [0.05, 0.1) is 5.69 Å². The molecule has 0 aliphatic heterocycles. The van der Waals surface area contributed by atoms with Crippen LogP contribution >= 0.6 is 15.9 Å². The van der Waals surface area contributed by atoms with E-state index >= 15 is 0 Å². The Kier molecular flexibility index (Phi) is 4.12. The van der Waals surface area contributed by atoms with Crippen LogP contribution in [0.4, 0.5) is 5.69 Å². The summed E-state index contributed by atoms with van der Waals surface area (Å²) < 4.78 is 0.944. The van der Waals surface area contributed by atoms with E-state index in [1.165, 1.54) is 13.3 Å². The van der Waals surface area contributed by atoms with Gasteiger partial charge in [0.25, 0.3) is 0 Å². The van der Waals surface area contributed by atoms with Gasteiger partial charge in [0.2, 0.25) is 0 Å².